The first-order chi connectivity index (χ1) is 5.69. The number of hydrogen-bond acceptors (Lipinski definition) is 4. The van der Waals surface area contributed by atoms with Crippen LogP contribution in [0.4, 0.5) is 0 Å². The Kier molecular flexibility index (Phi) is 3.17. The Morgan fingerprint density at radius 3 is 2.25 bits per heavy atom. The van der Waals surface area contributed by atoms with Gasteiger partial charge in [0.2, 0.25) is 0 Å². The predicted molar refractivity (Wildman–Crippen MR) is 54.1 cm³/mol. The summed E-state index contributed by atoms with van der Waals surface area (Å²) in [6.07, 6.45) is 0. The molecule has 0 heterocycles. The Bertz CT molecular complexity index is 287. The molecule has 0 atom stereocenters. The van der Waals surface area contributed by atoms with Crippen LogP contribution < -0.4 is 9.47 Å². The van der Waals surface area contributed by atoms with Crippen molar-refractivity contribution < 1.29 is 9.47 Å². The smallest absolute Gasteiger partial charge is 0.174 e. The van der Waals surface area contributed by atoms with E-state index in [1.54, 1.807) is 26.4 Å². The lowest BCUT2D eigenvalue weighted by Gasteiger charge is -2.09. The molecule has 0 fully saturated rings. The van der Waals surface area contributed by atoms with Crippen LogP contribution in [0.3, 0.4) is 0 Å². The number of rotatable bonds is 2. The third kappa shape index (κ3) is 1.81. The molecule has 0 radical (unpaired) electrons. The van der Waals surface area contributed by atoms with E-state index in [2.05, 4.69) is 25.3 Å². The van der Waals surface area contributed by atoms with Gasteiger partial charge in [0.15, 0.2) is 11.5 Å². The largest absolute Gasteiger partial charge is 0.493 e. The molecule has 2 nitrogen and oxygen atoms in total. The molecule has 66 valence electrons. The van der Waals surface area contributed by atoms with Crippen molar-refractivity contribution in [2.75, 3.05) is 14.2 Å². The van der Waals surface area contributed by atoms with Gasteiger partial charge in [-0.25, -0.2) is 0 Å². The lowest BCUT2D eigenvalue weighted by Crippen LogP contribution is -1.91. The highest BCUT2D eigenvalue weighted by molar-refractivity contribution is 7.81. The Hall–Kier alpha value is -0.480. The first-order valence-electron chi connectivity index (χ1n) is 3.33. The molecule has 0 aliphatic rings. The van der Waals surface area contributed by atoms with Gasteiger partial charge in [-0.3, -0.25) is 0 Å². The third-order valence-corrected chi connectivity index (χ3v) is 2.03. The van der Waals surface area contributed by atoms with Crippen LogP contribution in [0, 0.1) is 0 Å². The van der Waals surface area contributed by atoms with E-state index in [-0.39, 0.29) is 0 Å². The topological polar surface area (TPSA) is 18.5 Å². The fourth-order valence-corrected chi connectivity index (χ4v) is 1.62. The zero-order chi connectivity index (χ0) is 9.14. The molecule has 0 saturated carbocycles. The van der Waals surface area contributed by atoms with E-state index in [1.807, 2.05) is 0 Å². The minimum atomic E-state index is 0.638. The summed E-state index contributed by atoms with van der Waals surface area (Å²) in [5, 5.41) is 0. The molecule has 0 aliphatic carbocycles. The van der Waals surface area contributed by atoms with E-state index < -0.39 is 0 Å². The molecule has 1 rings (SSSR count). The van der Waals surface area contributed by atoms with Crippen LogP contribution in [0.25, 0.3) is 0 Å². The first kappa shape index (κ1) is 9.61. The maximum absolute atomic E-state index is 5.09. The summed E-state index contributed by atoms with van der Waals surface area (Å²) in [4.78, 5) is 1.53. The van der Waals surface area contributed by atoms with Crippen molar-refractivity contribution in [2.45, 2.75) is 9.79 Å². The van der Waals surface area contributed by atoms with Crippen molar-refractivity contribution in [1.82, 2.24) is 0 Å². The highest BCUT2D eigenvalue weighted by Gasteiger charge is 2.07. The summed E-state index contributed by atoms with van der Waals surface area (Å²) in [6, 6.07) is 3.58. The van der Waals surface area contributed by atoms with Crippen molar-refractivity contribution in [1.29, 1.82) is 0 Å². The van der Waals surface area contributed by atoms with Crippen molar-refractivity contribution in [3.05, 3.63) is 12.1 Å². The lowest BCUT2D eigenvalue weighted by molar-refractivity contribution is 0.347. The number of hydrogen-bond donors (Lipinski definition) is 2. The standard InChI is InChI=1S/C8H10O2S2/c1-9-6-3-5(11)4-7(12)8(6)10-2/h3-4,11-12H,1-2H3. The van der Waals surface area contributed by atoms with Crippen LogP contribution in [-0.4, -0.2) is 14.2 Å². The summed E-state index contributed by atoms with van der Waals surface area (Å²) in [5.41, 5.74) is 0. The molecule has 0 N–H and O–H groups in total. The van der Waals surface area contributed by atoms with E-state index in [0.29, 0.717) is 11.5 Å². The zero-order valence-corrected chi connectivity index (χ0v) is 8.65. The van der Waals surface area contributed by atoms with Crippen LogP contribution in [0.1, 0.15) is 0 Å². The van der Waals surface area contributed by atoms with Crippen LogP contribution in [-0.2, 0) is 0 Å². The van der Waals surface area contributed by atoms with E-state index in [0.717, 1.165) is 9.79 Å². The minimum Gasteiger partial charge on any atom is -0.493 e. The van der Waals surface area contributed by atoms with Crippen LogP contribution in [0.15, 0.2) is 21.9 Å². The van der Waals surface area contributed by atoms with Gasteiger partial charge < -0.3 is 9.47 Å². The van der Waals surface area contributed by atoms with Gasteiger partial charge in [-0.05, 0) is 12.1 Å². The summed E-state index contributed by atoms with van der Waals surface area (Å²) < 4.78 is 10.2. The number of ether oxygens (including phenoxy) is 2. The zero-order valence-electron chi connectivity index (χ0n) is 6.87. The molecule has 12 heavy (non-hydrogen) atoms. The Morgan fingerprint density at radius 2 is 1.75 bits per heavy atom. The average Bonchev–Trinajstić information content (AvgIpc) is 2.03. The Labute approximate surface area is 82.7 Å². The van der Waals surface area contributed by atoms with Gasteiger partial charge in [-0.2, -0.15) is 0 Å². The van der Waals surface area contributed by atoms with Crippen molar-refractivity contribution >= 4 is 25.3 Å². The fraction of sp³-hybridized carbons (Fsp3) is 0.250. The van der Waals surface area contributed by atoms with Crippen LogP contribution in [0.5, 0.6) is 11.5 Å². The van der Waals surface area contributed by atoms with Gasteiger partial charge in [0.05, 0.1) is 19.1 Å². The lowest BCUT2D eigenvalue weighted by atomic mass is 10.3. The summed E-state index contributed by atoms with van der Waals surface area (Å²) in [7, 11) is 3.16. The second-order valence-electron chi connectivity index (χ2n) is 2.20. The third-order valence-electron chi connectivity index (χ3n) is 1.44. The van der Waals surface area contributed by atoms with Gasteiger partial charge >= 0.3 is 0 Å². The Morgan fingerprint density at radius 1 is 1.08 bits per heavy atom. The molecule has 0 amide bonds. The van der Waals surface area contributed by atoms with Crippen molar-refractivity contribution in [3.8, 4) is 11.5 Å². The van der Waals surface area contributed by atoms with Crippen molar-refractivity contribution in [3.63, 3.8) is 0 Å². The second-order valence-corrected chi connectivity index (χ2v) is 3.20. The van der Waals surface area contributed by atoms with Crippen LogP contribution in [0.2, 0.25) is 0 Å². The first-order valence-corrected chi connectivity index (χ1v) is 4.22. The SMILES string of the molecule is COc1cc(S)cc(S)c1OC. The van der Waals surface area contributed by atoms with Crippen molar-refractivity contribution in [2.24, 2.45) is 0 Å². The highest BCUT2D eigenvalue weighted by Crippen LogP contribution is 2.35. The maximum Gasteiger partial charge on any atom is 0.174 e. The number of methoxy groups -OCH3 is 2. The molecule has 0 aliphatic heterocycles. The van der Waals surface area contributed by atoms with Gasteiger partial charge in [0.25, 0.3) is 0 Å². The van der Waals surface area contributed by atoms with E-state index in [4.69, 9.17) is 9.47 Å². The summed E-state index contributed by atoms with van der Waals surface area (Å²) >= 11 is 8.40. The molecule has 1 aromatic rings. The van der Waals surface area contributed by atoms with Gasteiger partial charge in [-0.1, -0.05) is 0 Å². The van der Waals surface area contributed by atoms with E-state index in [1.165, 1.54) is 0 Å². The average molecular weight is 202 g/mol. The normalized spacial score (nSPS) is 9.67. The molecule has 0 aromatic heterocycles. The summed E-state index contributed by atoms with van der Waals surface area (Å²) in [5.74, 6) is 1.29. The van der Waals surface area contributed by atoms with Crippen LogP contribution >= 0.6 is 25.3 Å². The molecule has 1 aromatic carbocycles. The molecule has 0 spiro atoms. The monoisotopic (exact) mass is 202 g/mol. The van der Waals surface area contributed by atoms with E-state index in [9.17, 15) is 0 Å². The molecular formula is C8H10O2S2. The second kappa shape index (κ2) is 3.96. The minimum absolute atomic E-state index is 0.638. The van der Waals surface area contributed by atoms with Gasteiger partial charge in [0, 0.05) is 4.90 Å². The van der Waals surface area contributed by atoms with Gasteiger partial charge in [-0.15, -0.1) is 25.3 Å². The predicted octanol–water partition coefficient (Wildman–Crippen LogP) is 2.28. The maximum atomic E-state index is 5.09. The molecule has 0 unspecified atom stereocenters. The molecule has 0 saturated heterocycles. The number of benzene rings is 1. The quantitative estimate of drug-likeness (QED) is 0.717. The Balaban J connectivity index is 3.24. The highest BCUT2D eigenvalue weighted by atomic mass is 32.1. The molecular weight excluding hydrogens is 192 g/mol. The fourth-order valence-electron chi connectivity index (χ4n) is 0.930. The molecule has 4 heteroatoms. The number of thiol groups is 2. The molecule has 0 bridgehead atoms. The van der Waals surface area contributed by atoms with E-state index >= 15 is 0 Å². The summed E-state index contributed by atoms with van der Waals surface area (Å²) in [6.45, 7) is 0. The van der Waals surface area contributed by atoms with Gasteiger partial charge in [0.1, 0.15) is 0 Å².